The fraction of sp³-hybridized carbons (Fsp3) is 0.152. The quantitative estimate of drug-likeness (QED) is 0.195. The van der Waals surface area contributed by atoms with Gasteiger partial charge in [0.25, 0.3) is 5.91 Å². The van der Waals surface area contributed by atoms with Gasteiger partial charge in [0.1, 0.15) is 5.25 Å². The van der Waals surface area contributed by atoms with E-state index in [-0.39, 0.29) is 29.2 Å². The predicted molar refractivity (Wildman–Crippen MR) is 178 cm³/mol. The molecule has 2 N–H and O–H groups in total. The third kappa shape index (κ3) is 5.32. The number of amides is 3. The van der Waals surface area contributed by atoms with E-state index in [0.29, 0.717) is 38.3 Å². The second-order valence-corrected chi connectivity index (χ2v) is 13.6. The number of nitrogens with one attached hydrogen (secondary N) is 2. The Bertz CT molecular complexity index is 2040. The lowest BCUT2D eigenvalue weighted by atomic mass is 9.83. The third-order valence-electron chi connectivity index (χ3n) is 7.88. The van der Waals surface area contributed by atoms with Crippen LogP contribution < -0.4 is 24.6 Å². The minimum atomic E-state index is -0.743. The minimum absolute atomic E-state index is 0.258. The Hall–Kier alpha value is -4.39. The summed E-state index contributed by atoms with van der Waals surface area (Å²) in [5.41, 5.74) is 1.86. The lowest BCUT2D eigenvalue weighted by molar-refractivity contribution is -0.122. The zero-order valence-corrected chi connectivity index (χ0v) is 26.8. The predicted octanol–water partition coefficient (Wildman–Crippen LogP) is 6.17. The number of nitrogens with zero attached hydrogens (tertiary/aromatic N) is 1. The molecule has 2 aliphatic heterocycles. The minimum Gasteiger partial charge on any atom is -0.493 e. The summed E-state index contributed by atoms with van der Waals surface area (Å²) < 4.78 is 12.3. The first-order chi connectivity index (χ1) is 21.8. The average molecular weight is 703 g/mol. The highest BCUT2D eigenvalue weighted by atomic mass is 79.9. The van der Waals surface area contributed by atoms with Crippen LogP contribution in [0.15, 0.2) is 99.2 Å². The maximum absolute atomic E-state index is 14.0. The molecule has 2 aliphatic rings. The van der Waals surface area contributed by atoms with Gasteiger partial charge in [-0.15, -0.1) is 0 Å². The SMILES string of the molecule is COc1cc(C2c3sc(=O)[nH]c3SC3C(=O)N(c4ccc(Br)cc4)C(=O)C32)ccc1OCC(=O)Nc1cccc2ccccc12. The number of carbonyl (C=O) groups excluding carboxylic acids is 3. The Morgan fingerprint density at radius 1 is 0.956 bits per heavy atom. The first-order valence-electron chi connectivity index (χ1n) is 13.9. The molecule has 0 aliphatic carbocycles. The normalized spacial score (nSPS) is 18.9. The first-order valence-corrected chi connectivity index (χ1v) is 16.4. The highest BCUT2D eigenvalue weighted by molar-refractivity contribution is 9.10. The number of aromatic nitrogens is 1. The number of hydrogen-bond acceptors (Lipinski definition) is 8. The molecule has 9 nitrogen and oxygen atoms in total. The van der Waals surface area contributed by atoms with Gasteiger partial charge in [0.2, 0.25) is 11.8 Å². The van der Waals surface area contributed by atoms with Crippen LogP contribution in [-0.2, 0) is 14.4 Å². The molecule has 1 fully saturated rings. The van der Waals surface area contributed by atoms with Crippen LogP contribution in [-0.4, -0.2) is 41.7 Å². The standard InChI is InChI=1S/C33H24BrN3O6S2/c1-42-24-15-18(9-14-23(24)43-16-25(38)35-22-8-4-6-17-5-2-3-7-21(17)22)26-27-29(44-30-28(26)45-33(41)36-30)32(40)37(31(27)39)20-12-10-19(34)11-13-20/h2-15,26-27,29H,16H2,1H3,(H,35,38)(H,36,41). The van der Waals surface area contributed by atoms with Crippen molar-refractivity contribution in [3.63, 3.8) is 0 Å². The number of thioether (sulfide) groups is 1. The fourth-order valence-corrected chi connectivity index (χ4v) is 8.66. The van der Waals surface area contributed by atoms with Gasteiger partial charge in [0, 0.05) is 26.3 Å². The van der Waals surface area contributed by atoms with Gasteiger partial charge in [-0.25, -0.2) is 4.90 Å². The van der Waals surface area contributed by atoms with Crippen LogP contribution in [0, 0.1) is 5.92 Å². The van der Waals surface area contributed by atoms with Crippen LogP contribution in [0.5, 0.6) is 11.5 Å². The highest BCUT2D eigenvalue weighted by Crippen LogP contribution is 2.53. The number of halogens is 1. The van der Waals surface area contributed by atoms with Gasteiger partial charge in [-0.3, -0.25) is 19.2 Å². The molecule has 1 saturated heterocycles. The summed E-state index contributed by atoms with van der Waals surface area (Å²) in [5, 5.41) is 4.70. The topological polar surface area (TPSA) is 118 Å². The summed E-state index contributed by atoms with van der Waals surface area (Å²) in [7, 11) is 1.49. The number of aromatic amines is 1. The van der Waals surface area contributed by atoms with E-state index < -0.39 is 17.1 Å². The van der Waals surface area contributed by atoms with E-state index in [1.165, 1.54) is 23.8 Å². The van der Waals surface area contributed by atoms with Crippen molar-refractivity contribution in [2.45, 2.75) is 16.2 Å². The molecular formula is C33H24BrN3O6S2. The van der Waals surface area contributed by atoms with Gasteiger partial charge in [0.15, 0.2) is 18.1 Å². The van der Waals surface area contributed by atoms with Crippen LogP contribution >= 0.6 is 39.0 Å². The molecule has 3 amide bonds. The van der Waals surface area contributed by atoms with E-state index in [2.05, 4.69) is 26.2 Å². The van der Waals surface area contributed by atoms with Crippen molar-refractivity contribution in [1.29, 1.82) is 0 Å². The molecule has 4 aromatic carbocycles. The first kappa shape index (κ1) is 29.3. The second kappa shape index (κ2) is 11.8. The number of methoxy groups -OCH3 is 1. The molecule has 0 radical (unpaired) electrons. The number of imide groups is 1. The summed E-state index contributed by atoms with van der Waals surface area (Å²) in [4.78, 5) is 57.4. The van der Waals surface area contributed by atoms with Crippen LogP contribution in [0.2, 0.25) is 0 Å². The lowest BCUT2D eigenvalue weighted by Gasteiger charge is -2.30. The number of anilines is 2. The van der Waals surface area contributed by atoms with E-state index in [9.17, 15) is 19.2 Å². The van der Waals surface area contributed by atoms with E-state index in [1.54, 1.807) is 42.5 Å². The molecular weight excluding hydrogens is 678 g/mol. The van der Waals surface area contributed by atoms with Crippen molar-refractivity contribution >= 4 is 78.9 Å². The monoisotopic (exact) mass is 701 g/mol. The van der Waals surface area contributed by atoms with Crippen molar-refractivity contribution < 1.29 is 23.9 Å². The van der Waals surface area contributed by atoms with E-state index in [4.69, 9.17) is 9.47 Å². The molecule has 45 heavy (non-hydrogen) atoms. The van der Waals surface area contributed by atoms with Gasteiger partial charge in [-0.1, -0.05) is 81.5 Å². The molecule has 5 aromatic rings. The smallest absolute Gasteiger partial charge is 0.305 e. The van der Waals surface area contributed by atoms with Crippen LogP contribution in [0.1, 0.15) is 16.4 Å². The highest BCUT2D eigenvalue weighted by Gasteiger charge is 2.56. The summed E-state index contributed by atoms with van der Waals surface area (Å²) in [6.45, 7) is -0.262. The Kier molecular flexibility index (Phi) is 7.72. The van der Waals surface area contributed by atoms with Gasteiger partial charge < -0.3 is 19.8 Å². The van der Waals surface area contributed by atoms with E-state index in [1.807, 2.05) is 42.5 Å². The Labute approximate surface area is 273 Å². The zero-order valence-electron chi connectivity index (χ0n) is 23.6. The number of ether oxygens (including phenoxy) is 2. The number of fused-ring (bicyclic) bond motifs is 3. The lowest BCUT2D eigenvalue weighted by Crippen LogP contribution is -2.32. The molecule has 1 aromatic heterocycles. The van der Waals surface area contributed by atoms with Gasteiger partial charge in [-0.05, 0) is 53.4 Å². The molecule has 3 heterocycles. The molecule has 0 spiro atoms. The third-order valence-corrected chi connectivity index (χ3v) is 10.8. The van der Waals surface area contributed by atoms with Crippen LogP contribution in [0.4, 0.5) is 11.4 Å². The number of hydrogen-bond donors (Lipinski definition) is 2. The number of rotatable bonds is 7. The Morgan fingerprint density at radius 2 is 1.73 bits per heavy atom. The van der Waals surface area contributed by atoms with Crippen LogP contribution in [0.25, 0.3) is 10.8 Å². The van der Waals surface area contributed by atoms with Crippen molar-refractivity contribution in [3.8, 4) is 11.5 Å². The second-order valence-electron chi connectivity index (χ2n) is 10.5. The molecule has 0 saturated carbocycles. The number of H-pyrrole nitrogens is 1. The number of thiazole rings is 1. The Morgan fingerprint density at radius 3 is 2.53 bits per heavy atom. The zero-order chi connectivity index (χ0) is 31.2. The Balaban J connectivity index is 1.16. The van der Waals surface area contributed by atoms with Gasteiger partial charge in [-0.2, -0.15) is 0 Å². The summed E-state index contributed by atoms with van der Waals surface area (Å²) in [6, 6.07) is 25.7. The van der Waals surface area contributed by atoms with Crippen molar-refractivity contribution in [1.82, 2.24) is 4.98 Å². The maximum atomic E-state index is 14.0. The largest absolute Gasteiger partial charge is 0.493 e. The van der Waals surface area contributed by atoms with Crippen molar-refractivity contribution in [2.24, 2.45) is 5.92 Å². The summed E-state index contributed by atoms with van der Waals surface area (Å²) in [5.74, 6) is -1.63. The molecule has 3 unspecified atom stereocenters. The molecule has 226 valence electrons. The average Bonchev–Trinajstić information content (AvgIpc) is 3.54. The summed E-state index contributed by atoms with van der Waals surface area (Å²) >= 11 is 5.65. The molecule has 3 atom stereocenters. The van der Waals surface area contributed by atoms with Gasteiger partial charge >= 0.3 is 4.87 Å². The summed E-state index contributed by atoms with van der Waals surface area (Å²) in [6.07, 6.45) is 0. The number of carbonyl (C=O) groups is 3. The fourth-order valence-electron chi connectivity index (χ4n) is 5.88. The molecule has 7 rings (SSSR count). The molecule has 0 bridgehead atoms. The maximum Gasteiger partial charge on any atom is 0.305 e. The van der Waals surface area contributed by atoms with Crippen molar-refractivity contribution in [2.75, 3.05) is 23.9 Å². The number of benzene rings is 4. The van der Waals surface area contributed by atoms with E-state index >= 15 is 0 Å². The van der Waals surface area contributed by atoms with Gasteiger partial charge in [0.05, 0.1) is 23.7 Å². The molecule has 12 heteroatoms. The van der Waals surface area contributed by atoms with Crippen molar-refractivity contribution in [3.05, 3.63) is 110 Å². The van der Waals surface area contributed by atoms with E-state index in [0.717, 1.165) is 26.6 Å². The van der Waals surface area contributed by atoms with Crippen LogP contribution in [0.3, 0.4) is 0 Å².